The van der Waals surface area contributed by atoms with Crippen molar-refractivity contribution in [2.24, 2.45) is 5.41 Å². The van der Waals surface area contributed by atoms with Gasteiger partial charge in [-0.2, -0.15) is 0 Å². The summed E-state index contributed by atoms with van der Waals surface area (Å²) in [4.78, 5) is -0.221. The molecule has 1 saturated carbocycles. The van der Waals surface area contributed by atoms with Crippen molar-refractivity contribution in [3.63, 3.8) is 0 Å². The van der Waals surface area contributed by atoms with Crippen molar-refractivity contribution >= 4 is 21.6 Å². The van der Waals surface area contributed by atoms with Crippen molar-refractivity contribution in [1.82, 2.24) is 4.72 Å². The largest absolute Gasteiger partial charge is 0.392 e. The number of aliphatic hydroxyl groups is 1. The highest BCUT2D eigenvalue weighted by Crippen LogP contribution is 2.45. The van der Waals surface area contributed by atoms with E-state index >= 15 is 0 Å². The smallest absolute Gasteiger partial charge is 0.240 e. The maximum Gasteiger partial charge on any atom is 0.240 e. The predicted octanol–water partition coefficient (Wildman–Crippen LogP) is 2.05. The Hall–Kier alpha value is -0.690. The molecule has 1 aromatic rings. The van der Waals surface area contributed by atoms with Crippen LogP contribution in [0.5, 0.6) is 0 Å². The molecule has 19 heavy (non-hydrogen) atoms. The summed E-state index contributed by atoms with van der Waals surface area (Å²) in [5.74, 6) is -0.858. The zero-order chi connectivity index (χ0) is 14.4. The van der Waals surface area contributed by atoms with Crippen molar-refractivity contribution in [2.45, 2.75) is 37.8 Å². The molecule has 0 aromatic heterocycles. The standard InChI is InChI=1S/C12H15ClFNO3S/c1-12(2)5-10(12)15-19(17,18)8-3-7(6-16)11(13)9(14)4-8/h3-4,10,15-16H,5-6H2,1-2H3. The molecule has 1 aliphatic carbocycles. The van der Waals surface area contributed by atoms with E-state index in [2.05, 4.69) is 4.72 Å². The van der Waals surface area contributed by atoms with E-state index in [-0.39, 0.29) is 26.9 Å². The lowest BCUT2D eigenvalue weighted by atomic mass is 10.2. The van der Waals surface area contributed by atoms with Crippen LogP contribution in [0.1, 0.15) is 25.8 Å². The second kappa shape index (κ2) is 4.70. The van der Waals surface area contributed by atoms with Crippen LogP contribution >= 0.6 is 11.6 Å². The van der Waals surface area contributed by atoms with Crippen LogP contribution in [0.25, 0.3) is 0 Å². The second-order valence-corrected chi connectivity index (χ2v) is 7.49. The lowest BCUT2D eigenvalue weighted by Gasteiger charge is -2.10. The third-order valence-corrected chi connectivity index (χ3v) is 5.24. The van der Waals surface area contributed by atoms with Crippen LogP contribution in [0.4, 0.5) is 4.39 Å². The first-order valence-electron chi connectivity index (χ1n) is 5.78. The molecule has 1 unspecified atom stereocenters. The van der Waals surface area contributed by atoms with Crippen molar-refractivity contribution in [1.29, 1.82) is 0 Å². The van der Waals surface area contributed by atoms with Gasteiger partial charge in [0.15, 0.2) is 0 Å². The molecule has 1 aromatic carbocycles. The summed E-state index contributed by atoms with van der Waals surface area (Å²) in [5.41, 5.74) is -0.0187. The number of hydrogen-bond donors (Lipinski definition) is 2. The summed E-state index contributed by atoms with van der Waals surface area (Å²) in [7, 11) is -3.80. The summed E-state index contributed by atoms with van der Waals surface area (Å²) in [6.45, 7) is 3.37. The van der Waals surface area contributed by atoms with E-state index in [1.54, 1.807) is 0 Å². The summed E-state index contributed by atoms with van der Waals surface area (Å²) >= 11 is 5.63. The Morgan fingerprint density at radius 3 is 2.58 bits per heavy atom. The van der Waals surface area contributed by atoms with Crippen LogP contribution < -0.4 is 4.72 Å². The minimum absolute atomic E-state index is 0.0529. The predicted molar refractivity (Wildman–Crippen MR) is 69.8 cm³/mol. The van der Waals surface area contributed by atoms with Crippen LogP contribution in [0, 0.1) is 11.2 Å². The van der Waals surface area contributed by atoms with Gasteiger partial charge in [-0.05, 0) is 24.0 Å². The molecule has 0 aliphatic heterocycles. The normalized spacial score (nSPS) is 21.4. The summed E-state index contributed by atoms with van der Waals surface area (Å²) in [6.07, 6.45) is 0.745. The molecule has 0 heterocycles. The Labute approximate surface area is 116 Å². The van der Waals surface area contributed by atoms with Crippen LogP contribution in [0.15, 0.2) is 17.0 Å². The minimum atomic E-state index is -3.80. The zero-order valence-electron chi connectivity index (χ0n) is 10.6. The van der Waals surface area contributed by atoms with Crippen LogP contribution in [-0.4, -0.2) is 19.6 Å². The lowest BCUT2D eigenvalue weighted by molar-refractivity contribution is 0.281. The van der Waals surface area contributed by atoms with Gasteiger partial charge in [0.05, 0.1) is 16.5 Å². The topological polar surface area (TPSA) is 66.4 Å². The van der Waals surface area contributed by atoms with Gasteiger partial charge >= 0.3 is 0 Å². The molecule has 0 amide bonds. The van der Waals surface area contributed by atoms with Gasteiger partial charge < -0.3 is 5.11 Å². The molecule has 0 spiro atoms. The minimum Gasteiger partial charge on any atom is -0.392 e. The van der Waals surface area contributed by atoms with Gasteiger partial charge in [0.1, 0.15) is 5.82 Å². The van der Waals surface area contributed by atoms with E-state index in [0.717, 1.165) is 12.5 Å². The molecule has 1 atom stereocenters. The average molecular weight is 308 g/mol. The number of sulfonamides is 1. The Bertz CT molecular complexity index is 616. The zero-order valence-corrected chi connectivity index (χ0v) is 12.1. The van der Waals surface area contributed by atoms with Gasteiger partial charge in [-0.15, -0.1) is 0 Å². The molecule has 0 bridgehead atoms. The first-order chi connectivity index (χ1) is 8.67. The first kappa shape index (κ1) is 14.7. The summed E-state index contributed by atoms with van der Waals surface area (Å²) in [6, 6.07) is 1.90. The first-order valence-corrected chi connectivity index (χ1v) is 7.64. The molecule has 106 valence electrons. The quantitative estimate of drug-likeness (QED) is 0.894. The van der Waals surface area contributed by atoms with Crippen molar-refractivity contribution in [2.75, 3.05) is 0 Å². The van der Waals surface area contributed by atoms with E-state index < -0.39 is 22.4 Å². The van der Waals surface area contributed by atoms with Crippen LogP contribution in [0.2, 0.25) is 5.02 Å². The lowest BCUT2D eigenvalue weighted by Crippen LogP contribution is -2.28. The SMILES string of the molecule is CC1(C)CC1NS(=O)(=O)c1cc(F)c(Cl)c(CO)c1. The molecule has 0 saturated heterocycles. The Balaban J connectivity index is 2.33. The van der Waals surface area contributed by atoms with E-state index in [1.165, 1.54) is 6.07 Å². The maximum absolute atomic E-state index is 13.5. The van der Waals surface area contributed by atoms with Crippen LogP contribution in [0.3, 0.4) is 0 Å². The Morgan fingerprint density at radius 1 is 1.53 bits per heavy atom. The number of halogens is 2. The molecule has 0 radical (unpaired) electrons. The van der Waals surface area contributed by atoms with Crippen LogP contribution in [-0.2, 0) is 16.6 Å². The van der Waals surface area contributed by atoms with Gasteiger partial charge in [-0.1, -0.05) is 25.4 Å². The molecule has 1 fully saturated rings. The summed E-state index contributed by atoms with van der Waals surface area (Å²) < 4.78 is 40.2. The third-order valence-electron chi connectivity index (χ3n) is 3.37. The second-order valence-electron chi connectivity index (χ2n) is 5.40. The fourth-order valence-corrected chi connectivity index (χ4v) is 3.45. The van der Waals surface area contributed by atoms with E-state index in [9.17, 15) is 12.8 Å². The molecular weight excluding hydrogens is 293 g/mol. The molecule has 1 aliphatic rings. The highest BCUT2D eigenvalue weighted by atomic mass is 35.5. The number of rotatable bonds is 4. The fraction of sp³-hybridized carbons (Fsp3) is 0.500. The molecule has 4 nitrogen and oxygen atoms in total. The van der Waals surface area contributed by atoms with E-state index in [4.69, 9.17) is 16.7 Å². The monoisotopic (exact) mass is 307 g/mol. The van der Waals surface area contributed by atoms with Crippen molar-refractivity contribution < 1.29 is 17.9 Å². The number of benzene rings is 1. The van der Waals surface area contributed by atoms with E-state index in [0.29, 0.717) is 0 Å². The van der Waals surface area contributed by atoms with Gasteiger partial charge in [-0.3, -0.25) is 0 Å². The number of hydrogen-bond acceptors (Lipinski definition) is 3. The Kier molecular flexibility index (Phi) is 3.64. The molecular formula is C12H15ClFNO3S. The number of aliphatic hydroxyl groups excluding tert-OH is 1. The van der Waals surface area contributed by atoms with Crippen molar-refractivity contribution in [3.05, 3.63) is 28.5 Å². The fourth-order valence-electron chi connectivity index (χ4n) is 1.81. The van der Waals surface area contributed by atoms with Crippen molar-refractivity contribution in [3.8, 4) is 0 Å². The average Bonchev–Trinajstić information content (AvgIpc) is 2.88. The highest BCUT2D eigenvalue weighted by Gasteiger charge is 2.47. The molecule has 2 N–H and O–H groups in total. The maximum atomic E-state index is 13.5. The Morgan fingerprint density at radius 2 is 2.11 bits per heavy atom. The third kappa shape index (κ3) is 2.91. The van der Waals surface area contributed by atoms with Gasteiger partial charge in [-0.25, -0.2) is 17.5 Å². The molecule has 2 rings (SSSR count). The van der Waals surface area contributed by atoms with Gasteiger partial charge in [0.2, 0.25) is 10.0 Å². The molecule has 7 heteroatoms. The number of nitrogens with one attached hydrogen (secondary N) is 1. The summed E-state index contributed by atoms with van der Waals surface area (Å²) in [5, 5.41) is 8.79. The van der Waals surface area contributed by atoms with Gasteiger partial charge in [0.25, 0.3) is 0 Å². The van der Waals surface area contributed by atoms with E-state index in [1.807, 2.05) is 13.8 Å². The highest BCUT2D eigenvalue weighted by molar-refractivity contribution is 7.89. The van der Waals surface area contributed by atoms with Gasteiger partial charge in [0, 0.05) is 11.6 Å².